The highest BCUT2D eigenvalue weighted by Gasteiger charge is 2.46. The van der Waals surface area contributed by atoms with Crippen molar-refractivity contribution in [1.29, 1.82) is 0 Å². The van der Waals surface area contributed by atoms with Gasteiger partial charge >= 0.3 is 0 Å². The van der Waals surface area contributed by atoms with Crippen molar-refractivity contribution in [2.75, 3.05) is 11.9 Å². The number of ether oxygens (including phenoxy) is 2. The number of fused-ring (bicyclic) bond motifs is 3. The van der Waals surface area contributed by atoms with E-state index in [1.54, 1.807) is 0 Å². The predicted molar refractivity (Wildman–Crippen MR) is 115 cm³/mol. The smallest absolute Gasteiger partial charge is 0.227 e. The Kier molecular flexibility index (Phi) is 5.89. The van der Waals surface area contributed by atoms with Crippen molar-refractivity contribution in [3.8, 4) is 5.75 Å². The highest BCUT2D eigenvalue weighted by Crippen LogP contribution is 2.47. The van der Waals surface area contributed by atoms with Crippen LogP contribution in [0.2, 0.25) is 0 Å². The lowest BCUT2D eigenvalue weighted by Gasteiger charge is -2.37. The van der Waals surface area contributed by atoms with E-state index < -0.39 is 6.10 Å². The molecule has 1 aromatic rings. The number of amides is 2. The van der Waals surface area contributed by atoms with Gasteiger partial charge in [0.05, 0.1) is 19.1 Å². The normalized spacial score (nSPS) is 30.1. The molecule has 0 unspecified atom stereocenters. The van der Waals surface area contributed by atoms with E-state index in [-0.39, 0.29) is 48.5 Å². The van der Waals surface area contributed by atoms with Gasteiger partial charge in [0.15, 0.2) is 0 Å². The number of anilines is 1. The molecule has 3 fully saturated rings. The molecule has 4 atom stereocenters. The van der Waals surface area contributed by atoms with Gasteiger partial charge in [-0.2, -0.15) is 0 Å². The van der Waals surface area contributed by atoms with Crippen molar-refractivity contribution in [2.45, 2.75) is 88.1 Å². The summed E-state index contributed by atoms with van der Waals surface area (Å²) in [5, 5.41) is 16.1. The van der Waals surface area contributed by atoms with Gasteiger partial charge in [-0.1, -0.05) is 19.3 Å². The maximum atomic E-state index is 12.5. The highest BCUT2D eigenvalue weighted by atomic mass is 16.6. The van der Waals surface area contributed by atoms with Crippen LogP contribution in [0.4, 0.5) is 5.69 Å². The average molecular weight is 429 g/mol. The molecule has 2 heterocycles. The maximum absolute atomic E-state index is 12.5. The van der Waals surface area contributed by atoms with Gasteiger partial charge in [-0.3, -0.25) is 9.59 Å². The highest BCUT2D eigenvalue weighted by molar-refractivity contribution is 5.93. The van der Waals surface area contributed by atoms with Crippen molar-refractivity contribution in [2.24, 2.45) is 5.92 Å². The Balaban J connectivity index is 1.27. The van der Waals surface area contributed by atoms with E-state index >= 15 is 0 Å². The van der Waals surface area contributed by atoms with Gasteiger partial charge in [-0.25, -0.2) is 0 Å². The zero-order chi connectivity index (χ0) is 21.4. The average Bonchev–Trinajstić information content (AvgIpc) is 3.33. The monoisotopic (exact) mass is 428 g/mol. The Labute approximate surface area is 182 Å². The van der Waals surface area contributed by atoms with Crippen LogP contribution in [0, 0.1) is 5.92 Å². The van der Waals surface area contributed by atoms with Gasteiger partial charge in [0.1, 0.15) is 18.0 Å². The molecular formula is C24H32N2O5. The van der Waals surface area contributed by atoms with Gasteiger partial charge in [-0.15, -0.1) is 0 Å². The summed E-state index contributed by atoms with van der Waals surface area (Å²) in [5.74, 6) is 1.04. The number of rotatable bonds is 6. The second-order valence-electron chi connectivity index (χ2n) is 9.53. The molecule has 2 aliphatic carbocycles. The Morgan fingerprint density at radius 1 is 1.10 bits per heavy atom. The maximum Gasteiger partial charge on any atom is 0.227 e. The fraction of sp³-hybridized carbons (Fsp3) is 0.667. The topological polar surface area (TPSA) is 96.9 Å². The quantitative estimate of drug-likeness (QED) is 0.647. The molecule has 4 aliphatic rings. The lowest BCUT2D eigenvalue weighted by Crippen LogP contribution is -2.47. The molecule has 7 heteroatoms. The fourth-order valence-electron chi connectivity index (χ4n) is 5.45. The van der Waals surface area contributed by atoms with Crippen molar-refractivity contribution in [3.05, 3.63) is 23.8 Å². The Morgan fingerprint density at radius 3 is 2.61 bits per heavy atom. The molecule has 31 heavy (non-hydrogen) atoms. The minimum absolute atomic E-state index is 0.0210. The summed E-state index contributed by atoms with van der Waals surface area (Å²) in [6, 6.07) is 6.04. The predicted octanol–water partition coefficient (Wildman–Crippen LogP) is 2.87. The van der Waals surface area contributed by atoms with Crippen LogP contribution >= 0.6 is 0 Å². The summed E-state index contributed by atoms with van der Waals surface area (Å²) in [4.78, 5) is 24.9. The van der Waals surface area contributed by atoms with Gasteiger partial charge in [0, 0.05) is 29.1 Å². The second kappa shape index (κ2) is 8.79. The number of benzene rings is 1. The Hall–Kier alpha value is -2.12. The number of aliphatic hydroxyl groups is 1. The first-order valence-electron chi connectivity index (χ1n) is 11.8. The summed E-state index contributed by atoms with van der Waals surface area (Å²) < 4.78 is 12.2. The van der Waals surface area contributed by atoms with E-state index in [0.717, 1.165) is 49.1 Å². The van der Waals surface area contributed by atoms with Crippen LogP contribution in [0.5, 0.6) is 5.75 Å². The lowest BCUT2D eigenvalue weighted by molar-refractivity contribution is -0.142. The van der Waals surface area contributed by atoms with Gasteiger partial charge in [-0.05, 0) is 50.3 Å². The lowest BCUT2D eigenvalue weighted by atomic mass is 9.83. The van der Waals surface area contributed by atoms with Crippen molar-refractivity contribution >= 4 is 17.5 Å². The molecule has 2 amide bonds. The molecule has 168 valence electrons. The minimum atomic E-state index is -0.469. The third-order valence-corrected chi connectivity index (χ3v) is 7.38. The van der Waals surface area contributed by atoms with Crippen LogP contribution in [-0.2, 0) is 14.3 Å². The van der Waals surface area contributed by atoms with Crippen LogP contribution in [-0.4, -0.2) is 47.9 Å². The molecule has 3 N–H and O–H groups in total. The summed E-state index contributed by atoms with van der Waals surface area (Å²) in [6.45, 7) is -0.152. The molecule has 5 rings (SSSR count). The molecular weight excluding hydrogens is 396 g/mol. The van der Waals surface area contributed by atoms with Crippen LogP contribution in [0.15, 0.2) is 18.2 Å². The third kappa shape index (κ3) is 4.30. The van der Waals surface area contributed by atoms with Gasteiger partial charge in [0.2, 0.25) is 11.8 Å². The van der Waals surface area contributed by atoms with Crippen molar-refractivity contribution < 1.29 is 24.2 Å². The van der Waals surface area contributed by atoms with E-state index in [1.165, 1.54) is 12.8 Å². The van der Waals surface area contributed by atoms with E-state index in [1.807, 2.05) is 18.2 Å². The van der Waals surface area contributed by atoms with E-state index in [2.05, 4.69) is 10.6 Å². The van der Waals surface area contributed by atoms with Crippen LogP contribution in [0.1, 0.15) is 69.3 Å². The number of hydrogen-bond acceptors (Lipinski definition) is 5. The number of aliphatic hydroxyl groups excluding tert-OH is 1. The summed E-state index contributed by atoms with van der Waals surface area (Å²) >= 11 is 0. The summed E-state index contributed by atoms with van der Waals surface area (Å²) in [5.41, 5.74) is 1.81. The molecule has 1 saturated heterocycles. The molecule has 2 aliphatic heterocycles. The Morgan fingerprint density at radius 2 is 1.90 bits per heavy atom. The Bertz CT molecular complexity index is 833. The molecule has 7 nitrogen and oxygen atoms in total. The molecule has 2 saturated carbocycles. The van der Waals surface area contributed by atoms with Gasteiger partial charge in [0.25, 0.3) is 0 Å². The van der Waals surface area contributed by atoms with Crippen LogP contribution < -0.4 is 15.4 Å². The first-order chi connectivity index (χ1) is 15.1. The van der Waals surface area contributed by atoms with Crippen molar-refractivity contribution in [1.82, 2.24) is 5.32 Å². The van der Waals surface area contributed by atoms with E-state index in [9.17, 15) is 14.7 Å². The number of carbonyl (C=O) groups is 2. The SMILES string of the molecule is O=C(C[C@H]1C[C@@H]2c3cc(NC(=O)C4CCC4)ccc3O[C@@H]2[C@@H](CO)O1)NC1CCCC1. The van der Waals surface area contributed by atoms with E-state index in [0.29, 0.717) is 12.8 Å². The molecule has 1 aromatic carbocycles. The van der Waals surface area contributed by atoms with Crippen LogP contribution in [0.25, 0.3) is 0 Å². The summed E-state index contributed by atoms with van der Waals surface area (Å²) in [7, 11) is 0. The number of nitrogens with one attached hydrogen (secondary N) is 2. The van der Waals surface area contributed by atoms with Crippen LogP contribution in [0.3, 0.4) is 0 Å². The van der Waals surface area contributed by atoms with E-state index in [4.69, 9.17) is 9.47 Å². The fourth-order valence-corrected chi connectivity index (χ4v) is 5.45. The zero-order valence-corrected chi connectivity index (χ0v) is 17.8. The number of hydrogen-bond donors (Lipinski definition) is 3. The molecule has 0 spiro atoms. The largest absolute Gasteiger partial charge is 0.487 e. The summed E-state index contributed by atoms with van der Waals surface area (Å²) in [6.07, 6.45) is 7.46. The number of carbonyl (C=O) groups excluding carboxylic acids is 2. The first-order valence-corrected chi connectivity index (χ1v) is 11.8. The zero-order valence-electron chi connectivity index (χ0n) is 17.8. The third-order valence-electron chi connectivity index (χ3n) is 7.38. The van der Waals surface area contributed by atoms with Gasteiger partial charge < -0.3 is 25.2 Å². The van der Waals surface area contributed by atoms with Crippen molar-refractivity contribution in [3.63, 3.8) is 0 Å². The minimum Gasteiger partial charge on any atom is -0.487 e. The molecule has 0 radical (unpaired) electrons. The second-order valence-corrected chi connectivity index (χ2v) is 9.53. The first kappa shape index (κ1) is 20.8. The molecule has 0 aromatic heterocycles. The standard InChI is InChI=1S/C24H32N2O5/c27-13-21-23-19(11-17(30-21)12-22(28)25-15-6-1-2-7-15)18-10-16(8-9-20(18)31-23)26-24(29)14-4-3-5-14/h8-10,14-15,17,19,21,23,27H,1-7,11-13H2,(H,25,28)(H,26,29)/t17-,19-,21-,23+/m1/s1. The molecule has 0 bridgehead atoms.